The Morgan fingerprint density at radius 3 is 1.81 bits per heavy atom. The Bertz CT molecular complexity index is 583. The molecule has 6 heteroatoms. The summed E-state index contributed by atoms with van der Waals surface area (Å²) in [4.78, 5) is 6.13. The summed E-state index contributed by atoms with van der Waals surface area (Å²) in [6.45, 7) is 0. The van der Waals surface area contributed by atoms with Crippen LogP contribution in [0.2, 0.25) is 0 Å². The quantitative estimate of drug-likeness (QED) is 0.645. The van der Waals surface area contributed by atoms with Gasteiger partial charge in [0.15, 0.2) is 0 Å². The monoisotopic (exact) mass is 320 g/mol. The van der Waals surface area contributed by atoms with Crippen molar-refractivity contribution in [2.24, 2.45) is 0 Å². The van der Waals surface area contributed by atoms with E-state index in [2.05, 4.69) is 0 Å². The van der Waals surface area contributed by atoms with Gasteiger partial charge < -0.3 is 0 Å². The molecular weight excluding hydrogens is 313 g/mol. The molecule has 0 amide bonds. The van der Waals surface area contributed by atoms with Gasteiger partial charge in [-0.1, -0.05) is 35.3 Å². The van der Waals surface area contributed by atoms with E-state index in [0.717, 1.165) is 0 Å². The van der Waals surface area contributed by atoms with E-state index in [4.69, 9.17) is 22.4 Å². The van der Waals surface area contributed by atoms with E-state index in [0.29, 0.717) is 0 Å². The predicted octanol–water partition coefficient (Wildman–Crippen LogP) is 4.43. The number of hydrogen-bond donors (Lipinski definition) is 0. The molecule has 0 radical (unpaired) electrons. The van der Waals surface area contributed by atoms with E-state index < -0.39 is 7.15 Å². The molecule has 0 saturated heterocycles. The lowest BCUT2D eigenvalue weighted by molar-refractivity contribution is 0.925. The lowest BCUT2D eigenvalue weighted by atomic mass is 10.1. The molecule has 4 aliphatic rings. The maximum absolute atomic E-state index is 5.73. The molecule has 0 saturated carbocycles. The molecule has 4 rings (SSSR count). The molecular formula is C10H8S6. The molecule has 2 heterocycles. The Hall–Kier alpha value is 1.06. The number of rotatable bonds is 0. The highest BCUT2D eigenvalue weighted by Gasteiger charge is 2.39. The summed E-state index contributed by atoms with van der Waals surface area (Å²) in [5.41, 5.74) is 0. The van der Waals surface area contributed by atoms with Crippen LogP contribution in [0.5, 0.6) is 0 Å². The lowest BCUT2D eigenvalue weighted by Crippen LogP contribution is -2.03. The molecule has 0 atom stereocenters. The van der Waals surface area contributed by atoms with Gasteiger partial charge in [-0.3, -0.25) is 0 Å². The molecule has 0 unspecified atom stereocenters. The van der Waals surface area contributed by atoms with E-state index in [1.54, 1.807) is 9.81 Å². The zero-order chi connectivity index (χ0) is 10.9. The van der Waals surface area contributed by atoms with Crippen molar-refractivity contribution in [3.05, 3.63) is 28.1 Å². The van der Waals surface area contributed by atoms with E-state index in [9.17, 15) is 0 Å². The van der Waals surface area contributed by atoms with Crippen molar-refractivity contribution in [2.75, 3.05) is 0 Å². The summed E-state index contributed by atoms with van der Waals surface area (Å²) >= 11 is 17.3. The van der Waals surface area contributed by atoms with Crippen LogP contribution < -0.4 is 0 Å². The molecule has 16 heavy (non-hydrogen) atoms. The first-order chi connectivity index (χ1) is 7.66. The van der Waals surface area contributed by atoms with Crippen LogP contribution in [0.1, 0.15) is 25.7 Å². The summed E-state index contributed by atoms with van der Waals surface area (Å²) in [5, 5.41) is 0. The summed E-state index contributed by atoms with van der Waals surface area (Å²) in [5.74, 6) is 0. The average Bonchev–Trinajstić information content (AvgIpc) is 2.49. The van der Waals surface area contributed by atoms with Gasteiger partial charge in [0.25, 0.3) is 0 Å². The van der Waals surface area contributed by atoms with Crippen molar-refractivity contribution in [3.63, 3.8) is 0 Å². The van der Waals surface area contributed by atoms with Crippen LogP contribution in [0.4, 0.5) is 0 Å². The normalized spacial score (nSPS) is 30.2. The van der Waals surface area contributed by atoms with Crippen LogP contribution in [-0.2, 0) is 29.5 Å². The third kappa shape index (κ3) is 1.34. The number of hydrogen-bond acceptors (Lipinski definition) is 5. The van der Waals surface area contributed by atoms with Gasteiger partial charge in [0.05, 0.1) is 8.47 Å². The smallest absolute Gasteiger partial charge is 0.0780 e. The summed E-state index contributed by atoms with van der Waals surface area (Å²) in [6.07, 6.45) is 4.95. The Morgan fingerprint density at radius 1 is 0.812 bits per heavy atom. The Balaban J connectivity index is 1.79. The zero-order valence-electron chi connectivity index (χ0n) is 8.28. The van der Waals surface area contributed by atoms with Gasteiger partial charge >= 0.3 is 0 Å². The second-order valence-electron chi connectivity index (χ2n) is 4.08. The van der Waals surface area contributed by atoms with Crippen LogP contribution in [0.25, 0.3) is 0 Å². The molecule has 0 aromatic carbocycles. The fourth-order valence-electron chi connectivity index (χ4n) is 2.02. The molecule has 0 aromatic heterocycles. The minimum Gasteiger partial charge on any atom is -0.0846 e. The maximum atomic E-state index is 5.73. The van der Waals surface area contributed by atoms with Crippen molar-refractivity contribution < 1.29 is 0 Å². The molecule has 0 nitrogen and oxygen atoms in total. The molecule has 84 valence electrons. The van der Waals surface area contributed by atoms with Crippen molar-refractivity contribution in [2.45, 2.75) is 25.7 Å². The minimum absolute atomic E-state index is 1.17. The predicted molar refractivity (Wildman–Crippen MR) is 84.4 cm³/mol. The van der Waals surface area contributed by atoms with Gasteiger partial charge in [-0.15, -0.1) is 0 Å². The van der Waals surface area contributed by atoms with E-state index in [1.807, 2.05) is 35.3 Å². The largest absolute Gasteiger partial charge is 0.0846 e. The fourth-order valence-corrected chi connectivity index (χ4v) is 12.6. The minimum atomic E-state index is -1.41. The number of allylic oxidation sites excluding steroid dienone is 4. The summed E-state index contributed by atoms with van der Waals surface area (Å²) < 4.78 is 2.80. The third-order valence-corrected chi connectivity index (χ3v) is 13.3. The highest BCUT2D eigenvalue weighted by Crippen LogP contribution is 2.64. The lowest BCUT2D eigenvalue weighted by Gasteiger charge is -2.15. The van der Waals surface area contributed by atoms with Crippen LogP contribution in [0, 0.1) is 0 Å². The van der Waals surface area contributed by atoms with Crippen molar-refractivity contribution >= 4 is 64.8 Å². The van der Waals surface area contributed by atoms with E-state index in [1.165, 1.54) is 44.0 Å². The highest BCUT2D eigenvalue weighted by molar-refractivity contribution is 8.64. The molecule has 0 N–H and O–H groups in total. The fraction of sp³-hybridized carbons (Fsp3) is 0.400. The van der Waals surface area contributed by atoms with Crippen molar-refractivity contribution in [1.82, 2.24) is 0 Å². The SMILES string of the molecule is S=S1(=S)C2=C(CC2)SC1=C1SC2=C(CC2)S1. The molecule has 2 aliphatic heterocycles. The zero-order valence-corrected chi connectivity index (χ0v) is 13.2. The van der Waals surface area contributed by atoms with E-state index in [-0.39, 0.29) is 0 Å². The number of thioether (sulfide) groups is 3. The highest BCUT2D eigenvalue weighted by atomic mass is 33.1. The van der Waals surface area contributed by atoms with Gasteiger partial charge in [-0.25, -0.2) is 0 Å². The average molecular weight is 321 g/mol. The van der Waals surface area contributed by atoms with Crippen molar-refractivity contribution in [3.8, 4) is 0 Å². The molecule has 0 fully saturated rings. The van der Waals surface area contributed by atoms with Crippen LogP contribution >= 0.6 is 35.3 Å². The Kier molecular flexibility index (Phi) is 2.42. The van der Waals surface area contributed by atoms with Gasteiger partial charge in [0.2, 0.25) is 0 Å². The van der Waals surface area contributed by atoms with Gasteiger partial charge in [0.1, 0.15) is 0 Å². The first-order valence-corrected chi connectivity index (χ1v) is 11.1. The van der Waals surface area contributed by atoms with Crippen LogP contribution in [-0.4, -0.2) is 0 Å². The molecule has 0 aromatic rings. The maximum Gasteiger partial charge on any atom is 0.0780 e. The summed E-state index contributed by atoms with van der Waals surface area (Å²) in [6, 6.07) is 0. The summed E-state index contributed by atoms with van der Waals surface area (Å²) in [7, 11) is -1.41. The van der Waals surface area contributed by atoms with Gasteiger partial charge in [-0.05, 0) is 55.2 Å². The van der Waals surface area contributed by atoms with Gasteiger partial charge in [-0.2, -0.15) is 0 Å². The Labute approximate surface area is 118 Å². The standard InChI is InChI=1S/C10H8S6/c11-16(12)8-4-3-7(8)15-10(16)9-13-5-1-2-6(5)14-9/h1-4H2. The van der Waals surface area contributed by atoms with E-state index >= 15 is 0 Å². The first-order valence-electron chi connectivity index (χ1n) is 5.13. The second-order valence-corrected chi connectivity index (χ2v) is 13.5. The van der Waals surface area contributed by atoms with Gasteiger partial charge in [0, 0.05) is 19.6 Å². The van der Waals surface area contributed by atoms with Crippen molar-refractivity contribution in [1.29, 1.82) is 0 Å². The van der Waals surface area contributed by atoms with Crippen LogP contribution in [0.15, 0.2) is 28.1 Å². The first kappa shape index (κ1) is 10.9. The molecule has 2 aliphatic carbocycles. The second kappa shape index (κ2) is 3.54. The Morgan fingerprint density at radius 2 is 1.44 bits per heavy atom. The molecule has 0 bridgehead atoms. The third-order valence-electron chi connectivity index (χ3n) is 3.16. The van der Waals surface area contributed by atoms with Crippen LogP contribution in [0.3, 0.4) is 0 Å². The molecule has 0 spiro atoms. The topological polar surface area (TPSA) is 0 Å².